The third-order valence-electron chi connectivity index (χ3n) is 1.76. The first kappa shape index (κ1) is 9.01. The molecule has 0 fully saturated rings. The van der Waals surface area contributed by atoms with Crippen LogP contribution in [-0.4, -0.2) is 26.0 Å². The maximum Gasteiger partial charge on any atom is 0.174 e. The van der Waals surface area contributed by atoms with E-state index in [1.165, 1.54) is 0 Å². The molecular weight excluding hydrogens is 198 g/mol. The monoisotopic (exact) mass is 207 g/mol. The Morgan fingerprint density at radius 3 is 2.79 bits per heavy atom. The SMILES string of the molecule is CSc1cnn(-c2cnccn2)c1N. The molecule has 2 N–H and O–H groups in total. The topological polar surface area (TPSA) is 69.6 Å². The lowest BCUT2D eigenvalue weighted by Crippen LogP contribution is -2.04. The van der Waals surface area contributed by atoms with E-state index in [1.54, 1.807) is 41.2 Å². The standard InChI is InChI=1S/C8H9N5S/c1-14-6-4-12-13(8(6)9)7-5-10-2-3-11-7/h2-5H,9H2,1H3. The van der Waals surface area contributed by atoms with Gasteiger partial charge in [-0.15, -0.1) is 11.8 Å². The molecule has 0 aromatic carbocycles. The summed E-state index contributed by atoms with van der Waals surface area (Å²) in [6, 6.07) is 0. The Bertz CT molecular complexity index is 425. The quantitative estimate of drug-likeness (QED) is 0.743. The first-order chi connectivity index (χ1) is 6.83. The van der Waals surface area contributed by atoms with Gasteiger partial charge in [0.2, 0.25) is 0 Å². The number of nitrogens with zero attached hydrogens (tertiary/aromatic N) is 4. The fourth-order valence-electron chi connectivity index (χ4n) is 1.08. The van der Waals surface area contributed by atoms with Crippen LogP contribution in [0.5, 0.6) is 0 Å². The zero-order valence-corrected chi connectivity index (χ0v) is 8.40. The number of aromatic nitrogens is 4. The second kappa shape index (κ2) is 3.67. The molecule has 0 aliphatic carbocycles. The summed E-state index contributed by atoms with van der Waals surface area (Å²) in [5.41, 5.74) is 5.86. The highest BCUT2D eigenvalue weighted by Gasteiger charge is 2.08. The Hall–Kier alpha value is -1.56. The normalized spacial score (nSPS) is 10.4. The van der Waals surface area contributed by atoms with Crippen molar-refractivity contribution in [1.82, 2.24) is 19.7 Å². The van der Waals surface area contributed by atoms with Crippen LogP contribution in [-0.2, 0) is 0 Å². The zero-order valence-electron chi connectivity index (χ0n) is 7.58. The second-order valence-corrected chi connectivity index (χ2v) is 3.42. The Labute approximate surface area is 85.4 Å². The van der Waals surface area contributed by atoms with Crippen molar-refractivity contribution in [2.24, 2.45) is 0 Å². The minimum absolute atomic E-state index is 0.595. The molecule has 0 aliphatic rings. The molecule has 2 aromatic rings. The minimum atomic E-state index is 0.595. The third kappa shape index (κ3) is 1.44. The smallest absolute Gasteiger partial charge is 0.174 e. The molecular formula is C8H9N5S. The number of rotatable bonds is 2. The third-order valence-corrected chi connectivity index (χ3v) is 2.51. The summed E-state index contributed by atoms with van der Waals surface area (Å²) in [5.74, 6) is 1.23. The van der Waals surface area contributed by atoms with Gasteiger partial charge in [-0.2, -0.15) is 9.78 Å². The first-order valence-corrected chi connectivity index (χ1v) is 5.19. The summed E-state index contributed by atoms with van der Waals surface area (Å²) in [6.07, 6.45) is 8.50. The van der Waals surface area contributed by atoms with Gasteiger partial charge >= 0.3 is 0 Å². The average molecular weight is 207 g/mol. The summed E-state index contributed by atoms with van der Waals surface area (Å²) >= 11 is 1.55. The van der Waals surface area contributed by atoms with Crippen LogP contribution < -0.4 is 5.73 Å². The van der Waals surface area contributed by atoms with Crippen molar-refractivity contribution < 1.29 is 0 Å². The van der Waals surface area contributed by atoms with E-state index in [0.29, 0.717) is 11.6 Å². The molecule has 0 saturated carbocycles. The van der Waals surface area contributed by atoms with E-state index in [4.69, 9.17) is 5.73 Å². The van der Waals surface area contributed by atoms with Gasteiger partial charge < -0.3 is 5.73 Å². The molecule has 14 heavy (non-hydrogen) atoms. The van der Waals surface area contributed by atoms with Crippen molar-refractivity contribution in [2.45, 2.75) is 4.90 Å². The molecule has 0 aliphatic heterocycles. The summed E-state index contributed by atoms with van der Waals surface area (Å²) in [5, 5.41) is 4.13. The molecule has 0 radical (unpaired) electrons. The lowest BCUT2D eigenvalue weighted by molar-refractivity contribution is 0.847. The van der Waals surface area contributed by atoms with Gasteiger partial charge in [0.15, 0.2) is 5.82 Å². The van der Waals surface area contributed by atoms with E-state index in [1.807, 2.05) is 6.26 Å². The largest absolute Gasteiger partial charge is 0.383 e. The lowest BCUT2D eigenvalue weighted by Gasteiger charge is -2.01. The Morgan fingerprint density at radius 2 is 2.21 bits per heavy atom. The summed E-state index contributed by atoms with van der Waals surface area (Å²) in [6.45, 7) is 0. The molecule has 0 bridgehead atoms. The van der Waals surface area contributed by atoms with Crippen LogP contribution in [0, 0.1) is 0 Å². The van der Waals surface area contributed by atoms with Crippen molar-refractivity contribution in [3.05, 3.63) is 24.8 Å². The van der Waals surface area contributed by atoms with Gasteiger partial charge in [0.1, 0.15) is 5.82 Å². The molecule has 2 aromatic heterocycles. The van der Waals surface area contributed by atoms with E-state index in [0.717, 1.165) is 4.90 Å². The number of hydrogen-bond acceptors (Lipinski definition) is 5. The van der Waals surface area contributed by atoms with E-state index < -0.39 is 0 Å². The maximum atomic E-state index is 5.86. The number of hydrogen-bond donors (Lipinski definition) is 1. The highest BCUT2D eigenvalue weighted by molar-refractivity contribution is 7.98. The number of nitrogens with two attached hydrogens (primary N) is 1. The Kier molecular flexibility index (Phi) is 2.36. The average Bonchev–Trinajstić information content (AvgIpc) is 2.61. The Balaban J connectivity index is 2.48. The van der Waals surface area contributed by atoms with Crippen molar-refractivity contribution in [2.75, 3.05) is 12.0 Å². The predicted molar refractivity (Wildman–Crippen MR) is 55.3 cm³/mol. The first-order valence-electron chi connectivity index (χ1n) is 3.97. The van der Waals surface area contributed by atoms with E-state index in [2.05, 4.69) is 15.1 Å². The number of anilines is 1. The van der Waals surface area contributed by atoms with Crippen molar-refractivity contribution in [3.63, 3.8) is 0 Å². The summed E-state index contributed by atoms with van der Waals surface area (Å²) in [4.78, 5) is 9.00. The van der Waals surface area contributed by atoms with E-state index in [9.17, 15) is 0 Å². The minimum Gasteiger partial charge on any atom is -0.383 e. The van der Waals surface area contributed by atoms with Gasteiger partial charge in [0.25, 0.3) is 0 Å². The van der Waals surface area contributed by atoms with E-state index >= 15 is 0 Å². The molecule has 2 rings (SSSR count). The summed E-state index contributed by atoms with van der Waals surface area (Å²) < 4.78 is 1.57. The molecule has 0 unspecified atom stereocenters. The van der Waals surface area contributed by atoms with Crippen LogP contribution in [0.15, 0.2) is 29.7 Å². The molecule has 2 heterocycles. The van der Waals surface area contributed by atoms with Crippen LogP contribution >= 0.6 is 11.8 Å². The van der Waals surface area contributed by atoms with Gasteiger partial charge in [-0.25, -0.2) is 4.98 Å². The van der Waals surface area contributed by atoms with Gasteiger partial charge in [-0.1, -0.05) is 0 Å². The molecule has 6 heteroatoms. The molecule has 0 spiro atoms. The highest BCUT2D eigenvalue weighted by Crippen LogP contribution is 2.23. The molecule has 5 nitrogen and oxygen atoms in total. The van der Waals surface area contributed by atoms with Gasteiger partial charge in [0.05, 0.1) is 17.3 Å². The van der Waals surface area contributed by atoms with Crippen LogP contribution in [0.4, 0.5) is 5.82 Å². The van der Waals surface area contributed by atoms with Gasteiger partial charge in [-0.3, -0.25) is 4.98 Å². The fourth-order valence-corrected chi connectivity index (χ4v) is 1.53. The molecule has 72 valence electrons. The number of thioether (sulfide) groups is 1. The Morgan fingerprint density at radius 1 is 1.36 bits per heavy atom. The van der Waals surface area contributed by atoms with Gasteiger partial charge in [-0.05, 0) is 6.26 Å². The van der Waals surface area contributed by atoms with Crippen LogP contribution in [0.1, 0.15) is 0 Å². The van der Waals surface area contributed by atoms with Crippen LogP contribution in [0.3, 0.4) is 0 Å². The molecule has 0 amide bonds. The maximum absolute atomic E-state index is 5.86. The highest BCUT2D eigenvalue weighted by atomic mass is 32.2. The van der Waals surface area contributed by atoms with Crippen molar-refractivity contribution in [1.29, 1.82) is 0 Å². The molecule has 0 atom stereocenters. The lowest BCUT2D eigenvalue weighted by atomic mass is 10.6. The van der Waals surface area contributed by atoms with Crippen LogP contribution in [0.2, 0.25) is 0 Å². The van der Waals surface area contributed by atoms with Crippen LogP contribution in [0.25, 0.3) is 5.82 Å². The second-order valence-electron chi connectivity index (χ2n) is 2.57. The zero-order chi connectivity index (χ0) is 9.97. The summed E-state index contributed by atoms with van der Waals surface area (Å²) in [7, 11) is 0. The van der Waals surface area contributed by atoms with E-state index in [-0.39, 0.29) is 0 Å². The van der Waals surface area contributed by atoms with Crippen molar-refractivity contribution in [3.8, 4) is 5.82 Å². The van der Waals surface area contributed by atoms with Crippen molar-refractivity contribution >= 4 is 17.6 Å². The number of nitrogen functional groups attached to an aromatic ring is 1. The van der Waals surface area contributed by atoms with Gasteiger partial charge in [0, 0.05) is 12.4 Å². The predicted octanol–water partition coefficient (Wildman–Crippen LogP) is 0.966. The molecule has 0 saturated heterocycles. The fraction of sp³-hybridized carbons (Fsp3) is 0.125.